The Morgan fingerprint density at radius 2 is 1.74 bits per heavy atom. The molecule has 1 aliphatic carbocycles. The Morgan fingerprint density at radius 1 is 1.00 bits per heavy atom. The lowest BCUT2D eigenvalue weighted by Gasteiger charge is -2.13. The summed E-state index contributed by atoms with van der Waals surface area (Å²) in [5, 5.41) is 5.43. The number of ether oxygens (including phenoxy) is 2. The van der Waals surface area contributed by atoms with Gasteiger partial charge in [-0.2, -0.15) is 0 Å². The fourth-order valence-corrected chi connectivity index (χ4v) is 3.04. The van der Waals surface area contributed by atoms with Crippen molar-refractivity contribution in [2.45, 2.75) is 38.7 Å². The molecule has 0 unspecified atom stereocenters. The van der Waals surface area contributed by atoms with E-state index in [1.54, 1.807) is 31.2 Å². The van der Waals surface area contributed by atoms with Gasteiger partial charge in [-0.1, -0.05) is 6.07 Å². The van der Waals surface area contributed by atoms with Gasteiger partial charge in [-0.15, -0.1) is 0 Å². The van der Waals surface area contributed by atoms with Crippen LogP contribution in [0.1, 0.15) is 43.0 Å². The summed E-state index contributed by atoms with van der Waals surface area (Å²) in [6, 6.07) is 14.1. The van der Waals surface area contributed by atoms with E-state index in [0.29, 0.717) is 23.0 Å². The smallest absolute Gasteiger partial charge is 0.411 e. The second-order valence-electron chi connectivity index (χ2n) is 6.43. The normalized spacial score (nSPS) is 13.8. The average molecular weight is 368 g/mol. The Hall–Kier alpha value is -3.02. The van der Waals surface area contributed by atoms with Crippen molar-refractivity contribution in [3.05, 3.63) is 54.1 Å². The Balaban J connectivity index is 1.58. The van der Waals surface area contributed by atoms with Gasteiger partial charge in [0.25, 0.3) is 5.91 Å². The Kier molecular flexibility index (Phi) is 6.30. The molecule has 2 aromatic rings. The number of rotatable bonds is 6. The van der Waals surface area contributed by atoms with Crippen LogP contribution >= 0.6 is 0 Å². The monoisotopic (exact) mass is 368 g/mol. The van der Waals surface area contributed by atoms with Gasteiger partial charge in [-0.3, -0.25) is 10.1 Å². The lowest BCUT2D eigenvalue weighted by atomic mass is 10.2. The van der Waals surface area contributed by atoms with Crippen molar-refractivity contribution in [1.29, 1.82) is 0 Å². The predicted molar refractivity (Wildman–Crippen MR) is 104 cm³/mol. The lowest BCUT2D eigenvalue weighted by Crippen LogP contribution is -2.15. The maximum Gasteiger partial charge on any atom is 0.411 e. The summed E-state index contributed by atoms with van der Waals surface area (Å²) in [4.78, 5) is 23.9. The zero-order valence-corrected chi connectivity index (χ0v) is 15.4. The van der Waals surface area contributed by atoms with Crippen LogP contribution in [-0.4, -0.2) is 24.7 Å². The van der Waals surface area contributed by atoms with E-state index in [1.165, 1.54) is 12.8 Å². The van der Waals surface area contributed by atoms with Gasteiger partial charge in [0.2, 0.25) is 0 Å². The molecule has 142 valence electrons. The van der Waals surface area contributed by atoms with E-state index in [0.717, 1.165) is 18.6 Å². The highest BCUT2D eigenvalue weighted by molar-refractivity contribution is 6.05. The van der Waals surface area contributed by atoms with Crippen molar-refractivity contribution >= 4 is 23.4 Å². The lowest BCUT2D eigenvalue weighted by molar-refractivity contribution is 0.102. The third-order valence-electron chi connectivity index (χ3n) is 4.36. The SMILES string of the molecule is CCOC(=O)Nc1cccc(C(=O)Nc2ccc(OC3CCCC3)cc2)c1. The molecule has 0 spiro atoms. The van der Waals surface area contributed by atoms with Gasteiger partial charge in [-0.25, -0.2) is 4.79 Å². The number of amides is 2. The molecule has 27 heavy (non-hydrogen) atoms. The van der Waals surface area contributed by atoms with Gasteiger partial charge in [0.05, 0.1) is 12.7 Å². The number of hydrogen-bond acceptors (Lipinski definition) is 4. The minimum atomic E-state index is -0.548. The van der Waals surface area contributed by atoms with Crippen molar-refractivity contribution in [3.63, 3.8) is 0 Å². The molecule has 2 aromatic carbocycles. The number of hydrogen-bond donors (Lipinski definition) is 2. The summed E-state index contributed by atoms with van der Waals surface area (Å²) < 4.78 is 10.8. The minimum Gasteiger partial charge on any atom is -0.490 e. The zero-order chi connectivity index (χ0) is 19.1. The van der Waals surface area contributed by atoms with Crippen molar-refractivity contribution in [1.82, 2.24) is 0 Å². The van der Waals surface area contributed by atoms with Gasteiger partial charge < -0.3 is 14.8 Å². The molecule has 0 radical (unpaired) electrons. The van der Waals surface area contributed by atoms with E-state index in [4.69, 9.17) is 9.47 Å². The Labute approximate surface area is 158 Å². The molecule has 0 bridgehead atoms. The van der Waals surface area contributed by atoms with E-state index in [9.17, 15) is 9.59 Å². The maximum absolute atomic E-state index is 12.5. The molecule has 6 nitrogen and oxygen atoms in total. The van der Waals surface area contributed by atoms with E-state index in [-0.39, 0.29) is 12.5 Å². The standard InChI is InChI=1S/C21H24N2O4/c1-2-26-21(25)23-17-7-5-6-15(14-17)20(24)22-16-10-12-19(13-11-16)27-18-8-3-4-9-18/h5-7,10-14,18H,2-4,8-9H2,1H3,(H,22,24)(H,23,25). The molecule has 0 atom stereocenters. The molecule has 6 heteroatoms. The highest BCUT2D eigenvalue weighted by Crippen LogP contribution is 2.25. The largest absolute Gasteiger partial charge is 0.490 e. The molecule has 0 heterocycles. The topological polar surface area (TPSA) is 76.7 Å². The van der Waals surface area contributed by atoms with Crippen LogP contribution in [-0.2, 0) is 4.74 Å². The molecule has 0 aliphatic heterocycles. The molecule has 1 aliphatic rings. The first kappa shape index (κ1) is 18.8. The number of carbonyl (C=O) groups is 2. The first-order valence-electron chi connectivity index (χ1n) is 9.26. The van der Waals surface area contributed by atoms with Crippen molar-refractivity contribution in [2.24, 2.45) is 0 Å². The van der Waals surface area contributed by atoms with Crippen LogP contribution in [0.15, 0.2) is 48.5 Å². The Bertz CT molecular complexity index is 783. The van der Waals surface area contributed by atoms with Crippen molar-refractivity contribution in [2.75, 3.05) is 17.2 Å². The fourth-order valence-electron chi connectivity index (χ4n) is 3.04. The molecule has 0 saturated heterocycles. The van der Waals surface area contributed by atoms with Crippen molar-refractivity contribution < 1.29 is 19.1 Å². The average Bonchev–Trinajstić information content (AvgIpc) is 3.17. The van der Waals surface area contributed by atoms with Gasteiger partial charge >= 0.3 is 6.09 Å². The van der Waals surface area contributed by atoms with Crippen LogP contribution < -0.4 is 15.4 Å². The number of anilines is 2. The number of nitrogens with one attached hydrogen (secondary N) is 2. The van der Waals surface area contributed by atoms with Gasteiger partial charge in [0, 0.05) is 16.9 Å². The van der Waals surface area contributed by atoms with Gasteiger partial charge in [0.1, 0.15) is 5.75 Å². The fraction of sp³-hybridized carbons (Fsp3) is 0.333. The van der Waals surface area contributed by atoms with E-state index in [2.05, 4.69) is 10.6 Å². The highest BCUT2D eigenvalue weighted by atomic mass is 16.5. The van der Waals surface area contributed by atoms with Crippen LogP contribution in [0.5, 0.6) is 5.75 Å². The molecule has 0 aromatic heterocycles. The van der Waals surface area contributed by atoms with E-state index < -0.39 is 6.09 Å². The second-order valence-corrected chi connectivity index (χ2v) is 6.43. The van der Waals surface area contributed by atoms with Crippen LogP contribution in [0, 0.1) is 0 Å². The first-order chi connectivity index (χ1) is 13.1. The molecule has 1 saturated carbocycles. The predicted octanol–water partition coefficient (Wildman–Crippen LogP) is 4.83. The maximum atomic E-state index is 12.5. The summed E-state index contributed by atoms with van der Waals surface area (Å²) in [5.41, 5.74) is 1.62. The molecule has 3 rings (SSSR count). The molecular weight excluding hydrogens is 344 g/mol. The third-order valence-corrected chi connectivity index (χ3v) is 4.36. The van der Waals surface area contributed by atoms with Crippen LogP contribution in [0.25, 0.3) is 0 Å². The Morgan fingerprint density at radius 3 is 2.44 bits per heavy atom. The molecule has 2 amide bonds. The van der Waals surface area contributed by atoms with Crippen LogP contribution in [0.4, 0.5) is 16.2 Å². The van der Waals surface area contributed by atoms with Gasteiger partial charge in [-0.05, 0) is 75.1 Å². The first-order valence-corrected chi connectivity index (χ1v) is 9.26. The van der Waals surface area contributed by atoms with E-state index in [1.807, 2.05) is 24.3 Å². The summed E-state index contributed by atoms with van der Waals surface area (Å²) in [6.45, 7) is 2.01. The quantitative estimate of drug-likeness (QED) is 0.766. The van der Waals surface area contributed by atoms with Crippen LogP contribution in [0.2, 0.25) is 0 Å². The zero-order valence-electron chi connectivity index (χ0n) is 15.4. The summed E-state index contributed by atoms with van der Waals surface area (Å²) in [7, 11) is 0. The summed E-state index contributed by atoms with van der Waals surface area (Å²) in [6.07, 6.45) is 4.42. The van der Waals surface area contributed by atoms with Gasteiger partial charge in [0.15, 0.2) is 0 Å². The number of benzene rings is 2. The molecular formula is C21H24N2O4. The molecule has 1 fully saturated rings. The second kappa shape index (κ2) is 9.07. The molecule has 2 N–H and O–H groups in total. The minimum absolute atomic E-state index is 0.257. The van der Waals surface area contributed by atoms with E-state index >= 15 is 0 Å². The summed E-state index contributed by atoms with van der Waals surface area (Å²) in [5.74, 6) is 0.563. The third kappa shape index (κ3) is 5.48. The van der Waals surface area contributed by atoms with Crippen molar-refractivity contribution in [3.8, 4) is 5.75 Å². The number of carbonyl (C=O) groups excluding carboxylic acids is 2. The highest BCUT2D eigenvalue weighted by Gasteiger charge is 2.16. The summed E-state index contributed by atoms with van der Waals surface area (Å²) >= 11 is 0. The van der Waals surface area contributed by atoms with Crippen LogP contribution in [0.3, 0.4) is 0 Å².